The molecule has 1 aliphatic heterocycles. The van der Waals surface area contributed by atoms with Crippen LogP contribution in [0.15, 0.2) is 28.7 Å². The number of aromatic nitrogens is 1. The van der Waals surface area contributed by atoms with Crippen LogP contribution in [0.4, 0.5) is 0 Å². The SMILES string of the molecule is COc1cccc(-c2nc(CNCCC3CCCN3C)c(C)o2)c1. The number of nitrogens with one attached hydrogen (secondary N) is 1. The van der Waals surface area contributed by atoms with Crippen molar-refractivity contribution in [1.82, 2.24) is 15.2 Å². The molecule has 3 rings (SSSR count). The highest BCUT2D eigenvalue weighted by atomic mass is 16.5. The summed E-state index contributed by atoms with van der Waals surface area (Å²) in [4.78, 5) is 7.11. The number of methoxy groups -OCH3 is 1. The fourth-order valence-electron chi connectivity index (χ4n) is 3.29. The highest BCUT2D eigenvalue weighted by Gasteiger charge is 2.20. The molecule has 1 fully saturated rings. The van der Waals surface area contributed by atoms with Gasteiger partial charge < -0.3 is 19.4 Å². The van der Waals surface area contributed by atoms with Gasteiger partial charge in [0, 0.05) is 18.2 Å². The molecule has 1 aromatic carbocycles. The summed E-state index contributed by atoms with van der Waals surface area (Å²) in [5.74, 6) is 2.33. The molecule has 1 unspecified atom stereocenters. The van der Waals surface area contributed by atoms with Crippen molar-refractivity contribution < 1.29 is 9.15 Å². The number of oxazole rings is 1. The molecule has 2 heterocycles. The second kappa shape index (κ2) is 7.81. The molecular weight excluding hydrogens is 302 g/mol. The van der Waals surface area contributed by atoms with Crippen molar-refractivity contribution in [2.45, 2.75) is 38.8 Å². The van der Waals surface area contributed by atoms with E-state index in [4.69, 9.17) is 9.15 Å². The molecule has 1 aromatic heterocycles. The number of benzene rings is 1. The normalized spacial score (nSPS) is 18.2. The van der Waals surface area contributed by atoms with Gasteiger partial charge in [-0.15, -0.1) is 0 Å². The van der Waals surface area contributed by atoms with Crippen LogP contribution in [0.3, 0.4) is 0 Å². The molecule has 0 radical (unpaired) electrons. The summed E-state index contributed by atoms with van der Waals surface area (Å²) in [5, 5.41) is 3.50. The van der Waals surface area contributed by atoms with Crippen molar-refractivity contribution in [1.29, 1.82) is 0 Å². The van der Waals surface area contributed by atoms with Gasteiger partial charge in [0.15, 0.2) is 0 Å². The number of nitrogens with zero attached hydrogens (tertiary/aromatic N) is 2. The lowest BCUT2D eigenvalue weighted by Gasteiger charge is -2.19. The lowest BCUT2D eigenvalue weighted by molar-refractivity contribution is 0.293. The van der Waals surface area contributed by atoms with Gasteiger partial charge in [-0.2, -0.15) is 0 Å². The summed E-state index contributed by atoms with van der Waals surface area (Å²) < 4.78 is 11.1. The molecule has 24 heavy (non-hydrogen) atoms. The molecule has 1 atom stereocenters. The van der Waals surface area contributed by atoms with E-state index in [-0.39, 0.29) is 0 Å². The van der Waals surface area contributed by atoms with Crippen LogP contribution in [0.25, 0.3) is 11.5 Å². The van der Waals surface area contributed by atoms with Crippen LogP contribution in [-0.2, 0) is 6.54 Å². The van der Waals surface area contributed by atoms with E-state index < -0.39 is 0 Å². The number of hydrogen-bond donors (Lipinski definition) is 1. The molecule has 0 spiro atoms. The average Bonchev–Trinajstić information content (AvgIpc) is 3.17. The van der Waals surface area contributed by atoms with Gasteiger partial charge in [-0.3, -0.25) is 0 Å². The molecule has 0 saturated carbocycles. The third kappa shape index (κ3) is 3.97. The minimum atomic E-state index is 0.652. The Labute approximate surface area is 144 Å². The Morgan fingerprint density at radius 2 is 2.29 bits per heavy atom. The molecule has 0 aliphatic carbocycles. The van der Waals surface area contributed by atoms with Gasteiger partial charge in [0.2, 0.25) is 5.89 Å². The van der Waals surface area contributed by atoms with Crippen LogP contribution in [0.5, 0.6) is 5.75 Å². The minimum absolute atomic E-state index is 0.652. The van der Waals surface area contributed by atoms with Crippen molar-refractivity contribution in [2.24, 2.45) is 0 Å². The molecule has 0 bridgehead atoms. The number of hydrogen-bond acceptors (Lipinski definition) is 5. The lowest BCUT2D eigenvalue weighted by Crippen LogP contribution is -2.29. The third-order valence-electron chi connectivity index (χ3n) is 4.83. The predicted molar refractivity (Wildman–Crippen MR) is 95.2 cm³/mol. The molecule has 1 saturated heterocycles. The molecule has 1 aliphatic rings. The van der Waals surface area contributed by atoms with E-state index in [1.54, 1.807) is 7.11 Å². The zero-order valence-corrected chi connectivity index (χ0v) is 14.8. The predicted octanol–water partition coefficient (Wildman–Crippen LogP) is 3.23. The molecule has 0 amide bonds. The third-order valence-corrected chi connectivity index (χ3v) is 4.83. The number of likely N-dealkylation sites (tertiary alicyclic amines) is 1. The second-order valence-corrected chi connectivity index (χ2v) is 6.50. The Morgan fingerprint density at radius 1 is 1.42 bits per heavy atom. The van der Waals surface area contributed by atoms with Crippen LogP contribution in [0, 0.1) is 6.92 Å². The molecule has 5 nitrogen and oxygen atoms in total. The Balaban J connectivity index is 1.56. The second-order valence-electron chi connectivity index (χ2n) is 6.50. The molecule has 5 heteroatoms. The lowest BCUT2D eigenvalue weighted by atomic mass is 10.1. The van der Waals surface area contributed by atoms with Crippen molar-refractivity contribution in [2.75, 3.05) is 27.2 Å². The summed E-state index contributed by atoms with van der Waals surface area (Å²) in [6, 6.07) is 8.52. The summed E-state index contributed by atoms with van der Waals surface area (Å²) in [7, 11) is 3.89. The van der Waals surface area contributed by atoms with Gasteiger partial charge in [-0.05, 0) is 64.5 Å². The van der Waals surface area contributed by atoms with Crippen molar-refractivity contribution in [3.8, 4) is 17.2 Å². The first kappa shape index (κ1) is 17.0. The first-order valence-electron chi connectivity index (χ1n) is 8.69. The van der Waals surface area contributed by atoms with Crippen LogP contribution in [0.1, 0.15) is 30.7 Å². The summed E-state index contributed by atoms with van der Waals surface area (Å²) >= 11 is 0. The van der Waals surface area contributed by atoms with Crippen molar-refractivity contribution in [3.63, 3.8) is 0 Å². The zero-order valence-electron chi connectivity index (χ0n) is 14.8. The Hall–Kier alpha value is -1.85. The van der Waals surface area contributed by atoms with E-state index in [1.165, 1.54) is 25.8 Å². The van der Waals surface area contributed by atoms with Crippen molar-refractivity contribution in [3.05, 3.63) is 35.7 Å². The smallest absolute Gasteiger partial charge is 0.226 e. The number of rotatable bonds is 7. The minimum Gasteiger partial charge on any atom is -0.497 e. The maximum absolute atomic E-state index is 5.83. The fraction of sp³-hybridized carbons (Fsp3) is 0.526. The average molecular weight is 329 g/mol. The Morgan fingerprint density at radius 3 is 3.04 bits per heavy atom. The molecular formula is C19H27N3O2. The zero-order chi connectivity index (χ0) is 16.9. The summed E-state index contributed by atoms with van der Waals surface area (Å²) in [5.41, 5.74) is 1.92. The maximum Gasteiger partial charge on any atom is 0.226 e. The van der Waals surface area contributed by atoms with E-state index in [2.05, 4.69) is 22.2 Å². The van der Waals surface area contributed by atoms with Crippen LogP contribution in [0.2, 0.25) is 0 Å². The summed E-state index contributed by atoms with van der Waals surface area (Å²) in [6.07, 6.45) is 3.84. The van der Waals surface area contributed by atoms with E-state index in [0.29, 0.717) is 5.89 Å². The molecule has 1 N–H and O–H groups in total. The van der Waals surface area contributed by atoms with Gasteiger partial charge in [-0.25, -0.2) is 4.98 Å². The molecule has 130 valence electrons. The largest absolute Gasteiger partial charge is 0.497 e. The van der Waals surface area contributed by atoms with E-state index >= 15 is 0 Å². The number of aryl methyl sites for hydroxylation is 1. The Kier molecular flexibility index (Phi) is 5.53. The first-order chi connectivity index (χ1) is 11.7. The number of ether oxygens (including phenoxy) is 1. The van der Waals surface area contributed by atoms with Crippen LogP contribution in [-0.4, -0.2) is 43.2 Å². The maximum atomic E-state index is 5.83. The van der Waals surface area contributed by atoms with Gasteiger partial charge in [-0.1, -0.05) is 6.07 Å². The van der Waals surface area contributed by atoms with Crippen LogP contribution < -0.4 is 10.1 Å². The standard InChI is InChI=1S/C19H27N3O2/c1-14-18(13-20-10-9-16-7-5-11-22(16)2)21-19(24-14)15-6-4-8-17(12-15)23-3/h4,6,8,12,16,20H,5,7,9-11,13H2,1-3H3. The quantitative estimate of drug-likeness (QED) is 0.790. The summed E-state index contributed by atoms with van der Waals surface area (Å²) in [6.45, 7) is 4.96. The van der Waals surface area contributed by atoms with Gasteiger partial charge >= 0.3 is 0 Å². The van der Waals surface area contributed by atoms with Gasteiger partial charge in [0.25, 0.3) is 0 Å². The van der Waals surface area contributed by atoms with Crippen LogP contribution >= 0.6 is 0 Å². The van der Waals surface area contributed by atoms with Crippen molar-refractivity contribution >= 4 is 0 Å². The highest BCUT2D eigenvalue weighted by Crippen LogP contribution is 2.25. The highest BCUT2D eigenvalue weighted by molar-refractivity contribution is 5.56. The monoisotopic (exact) mass is 329 g/mol. The van der Waals surface area contributed by atoms with E-state index in [1.807, 2.05) is 31.2 Å². The fourth-order valence-corrected chi connectivity index (χ4v) is 3.29. The van der Waals surface area contributed by atoms with Gasteiger partial charge in [0.05, 0.1) is 12.8 Å². The van der Waals surface area contributed by atoms with E-state index in [9.17, 15) is 0 Å². The Bertz CT molecular complexity index is 668. The topological polar surface area (TPSA) is 50.5 Å². The molecule has 2 aromatic rings. The van der Waals surface area contributed by atoms with Gasteiger partial charge in [0.1, 0.15) is 11.5 Å². The first-order valence-corrected chi connectivity index (χ1v) is 8.69. The van der Waals surface area contributed by atoms with E-state index in [0.717, 1.165) is 41.9 Å².